The van der Waals surface area contributed by atoms with E-state index in [1.54, 1.807) is 30.0 Å². The molecule has 3 rings (SSSR count). The maximum atomic E-state index is 13.3. The Kier molecular flexibility index (Phi) is 6.99. The summed E-state index contributed by atoms with van der Waals surface area (Å²) in [7, 11) is -3.18. The minimum atomic E-state index is -3.18. The van der Waals surface area contributed by atoms with Crippen molar-refractivity contribution in [2.24, 2.45) is 0 Å². The number of amides is 1. The van der Waals surface area contributed by atoms with Gasteiger partial charge in [0.15, 0.2) is 15.6 Å². The van der Waals surface area contributed by atoms with Crippen LogP contribution in [0.4, 0.5) is 0 Å². The van der Waals surface area contributed by atoms with Gasteiger partial charge in [0.1, 0.15) is 0 Å². The van der Waals surface area contributed by atoms with E-state index in [-0.39, 0.29) is 39.6 Å². The lowest BCUT2D eigenvalue weighted by Gasteiger charge is -2.29. The van der Waals surface area contributed by atoms with Gasteiger partial charge in [0.2, 0.25) is 0 Å². The van der Waals surface area contributed by atoms with E-state index in [4.69, 9.17) is 39.5 Å². The molecule has 1 aliphatic heterocycles. The van der Waals surface area contributed by atoms with Crippen molar-refractivity contribution in [3.05, 3.63) is 62.6 Å². The zero-order valence-corrected chi connectivity index (χ0v) is 18.8. The largest absolute Gasteiger partial charge is 0.491 e. The molecule has 0 N–H and O–H groups in total. The smallest absolute Gasteiger partial charge is 0.254 e. The highest BCUT2D eigenvalue weighted by atomic mass is 35.5. The van der Waals surface area contributed by atoms with Crippen molar-refractivity contribution in [1.29, 1.82) is 0 Å². The molecule has 1 heterocycles. The maximum absolute atomic E-state index is 13.3. The summed E-state index contributed by atoms with van der Waals surface area (Å²) in [5, 5.41) is 0.995. The Morgan fingerprint density at radius 2 is 1.86 bits per heavy atom. The first-order chi connectivity index (χ1) is 13.7. The highest BCUT2D eigenvalue weighted by Crippen LogP contribution is 2.35. The molecular formula is C20H20Cl3NO4S. The molecule has 0 bridgehead atoms. The number of carbonyl (C=O) groups is 1. The van der Waals surface area contributed by atoms with E-state index in [1.807, 2.05) is 6.07 Å². The molecule has 1 amide bonds. The predicted molar refractivity (Wildman–Crippen MR) is 116 cm³/mol. The number of benzene rings is 2. The average Bonchev–Trinajstić information content (AvgIpc) is 3.01. The van der Waals surface area contributed by atoms with Gasteiger partial charge in [0.25, 0.3) is 5.91 Å². The predicted octanol–water partition coefficient (Wildman–Crippen LogP) is 4.88. The van der Waals surface area contributed by atoms with Crippen LogP contribution in [-0.2, 0) is 16.4 Å². The Labute approximate surface area is 185 Å². The van der Waals surface area contributed by atoms with Gasteiger partial charge in [-0.05, 0) is 43.2 Å². The molecule has 0 radical (unpaired) electrons. The van der Waals surface area contributed by atoms with Crippen LogP contribution in [0.1, 0.15) is 29.3 Å². The molecule has 0 aromatic heterocycles. The number of carbonyl (C=O) groups excluding carboxylic acids is 1. The topological polar surface area (TPSA) is 63.7 Å². The molecular weight excluding hydrogens is 457 g/mol. The van der Waals surface area contributed by atoms with Gasteiger partial charge in [-0.15, -0.1) is 0 Å². The van der Waals surface area contributed by atoms with Crippen LogP contribution in [-0.4, -0.2) is 43.4 Å². The highest BCUT2D eigenvalue weighted by molar-refractivity contribution is 7.91. The number of sulfone groups is 1. The van der Waals surface area contributed by atoms with Crippen LogP contribution in [0, 0.1) is 0 Å². The minimum absolute atomic E-state index is 0.0573. The van der Waals surface area contributed by atoms with Gasteiger partial charge in [-0.2, -0.15) is 0 Å². The molecule has 0 unspecified atom stereocenters. The SMILES string of the molecule is CCOc1c(Cl)cc(C(=O)N(Cc2cccc(Cl)c2)[C@@H]2CCS(=O)(=O)C2)cc1Cl. The van der Waals surface area contributed by atoms with E-state index in [0.29, 0.717) is 23.8 Å². The number of hydrogen-bond acceptors (Lipinski definition) is 4. The van der Waals surface area contributed by atoms with Gasteiger partial charge < -0.3 is 9.64 Å². The van der Waals surface area contributed by atoms with Crippen LogP contribution in [0.5, 0.6) is 5.75 Å². The normalized spacial score (nSPS) is 17.9. The number of nitrogens with zero attached hydrogens (tertiary/aromatic N) is 1. The molecule has 9 heteroatoms. The lowest BCUT2D eigenvalue weighted by atomic mass is 10.1. The minimum Gasteiger partial charge on any atom is -0.491 e. The number of rotatable bonds is 6. The zero-order chi connectivity index (χ0) is 21.2. The molecule has 1 atom stereocenters. The van der Waals surface area contributed by atoms with Crippen molar-refractivity contribution in [3.63, 3.8) is 0 Å². The Bertz CT molecular complexity index is 1000. The second kappa shape index (κ2) is 9.13. The van der Waals surface area contributed by atoms with Gasteiger partial charge in [0.05, 0.1) is 28.2 Å². The number of hydrogen-bond donors (Lipinski definition) is 0. The van der Waals surface area contributed by atoms with Crippen molar-refractivity contribution in [2.45, 2.75) is 25.9 Å². The Morgan fingerprint density at radius 3 is 2.41 bits per heavy atom. The monoisotopic (exact) mass is 475 g/mol. The summed E-state index contributed by atoms with van der Waals surface area (Å²) in [4.78, 5) is 14.9. The van der Waals surface area contributed by atoms with E-state index in [1.165, 1.54) is 12.1 Å². The van der Waals surface area contributed by atoms with Gasteiger partial charge >= 0.3 is 0 Å². The van der Waals surface area contributed by atoms with Crippen LogP contribution in [0.2, 0.25) is 15.1 Å². The quantitative estimate of drug-likeness (QED) is 0.596. The Hall–Kier alpha value is -1.47. The van der Waals surface area contributed by atoms with Crippen molar-refractivity contribution in [1.82, 2.24) is 4.90 Å². The van der Waals surface area contributed by atoms with Crippen LogP contribution < -0.4 is 4.74 Å². The summed E-state index contributed by atoms with van der Waals surface area (Å²) in [5.41, 5.74) is 1.08. The third-order valence-electron chi connectivity index (χ3n) is 4.69. The standard InChI is InChI=1S/C20H20Cl3NO4S/c1-2-28-19-17(22)9-14(10-18(19)23)20(25)24(16-6-7-29(26,27)12-16)11-13-4-3-5-15(21)8-13/h3-5,8-10,16H,2,6-7,11-12H2,1H3/t16-/m1/s1. The van der Waals surface area contributed by atoms with Crippen molar-refractivity contribution < 1.29 is 17.9 Å². The number of ether oxygens (including phenoxy) is 1. The summed E-state index contributed by atoms with van der Waals surface area (Å²) in [6.07, 6.45) is 0.382. The van der Waals surface area contributed by atoms with E-state index in [0.717, 1.165) is 5.56 Å². The summed E-state index contributed by atoms with van der Waals surface area (Å²) in [6, 6.07) is 9.68. The molecule has 0 aliphatic carbocycles. The first-order valence-corrected chi connectivity index (χ1v) is 12.0. The third-order valence-corrected chi connectivity index (χ3v) is 7.23. The molecule has 0 saturated carbocycles. The fraction of sp³-hybridized carbons (Fsp3) is 0.350. The van der Waals surface area contributed by atoms with Crippen LogP contribution in [0.25, 0.3) is 0 Å². The van der Waals surface area contributed by atoms with Crippen molar-refractivity contribution >= 4 is 50.5 Å². The lowest BCUT2D eigenvalue weighted by molar-refractivity contribution is 0.0681. The van der Waals surface area contributed by atoms with Crippen molar-refractivity contribution in [3.8, 4) is 5.75 Å². The van der Waals surface area contributed by atoms with Gasteiger partial charge in [-0.1, -0.05) is 46.9 Å². The second-order valence-corrected chi connectivity index (χ2v) is 10.3. The zero-order valence-electron chi connectivity index (χ0n) is 15.7. The van der Waals surface area contributed by atoms with Crippen LogP contribution >= 0.6 is 34.8 Å². The molecule has 1 aliphatic rings. The van der Waals surface area contributed by atoms with Crippen LogP contribution in [0.15, 0.2) is 36.4 Å². The van der Waals surface area contributed by atoms with Gasteiger partial charge in [0, 0.05) is 23.2 Å². The fourth-order valence-electron chi connectivity index (χ4n) is 3.35. The van der Waals surface area contributed by atoms with E-state index >= 15 is 0 Å². The Morgan fingerprint density at radius 1 is 1.17 bits per heavy atom. The third kappa shape index (κ3) is 5.37. The first-order valence-electron chi connectivity index (χ1n) is 9.08. The molecule has 2 aromatic carbocycles. The maximum Gasteiger partial charge on any atom is 0.254 e. The molecule has 0 spiro atoms. The summed E-state index contributed by atoms with van der Waals surface area (Å²) in [5.74, 6) is -0.0457. The molecule has 1 saturated heterocycles. The molecule has 2 aromatic rings. The van der Waals surface area contributed by atoms with Crippen molar-refractivity contribution in [2.75, 3.05) is 18.1 Å². The van der Waals surface area contributed by atoms with Gasteiger partial charge in [-0.3, -0.25) is 4.79 Å². The molecule has 29 heavy (non-hydrogen) atoms. The van der Waals surface area contributed by atoms with E-state index in [9.17, 15) is 13.2 Å². The van der Waals surface area contributed by atoms with E-state index < -0.39 is 15.9 Å². The lowest BCUT2D eigenvalue weighted by Crippen LogP contribution is -2.40. The van der Waals surface area contributed by atoms with E-state index in [2.05, 4.69) is 0 Å². The molecule has 1 fully saturated rings. The highest BCUT2D eigenvalue weighted by Gasteiger charge is 2.35. The fourth-order valence-corrected chi connectivity index (χ4v) is 5.89. The second-order valence-electron chi connectivity index (χ2n) is 6.82. The molecule has 156 valence electrons. The summed E-state index contributed by atoms with van der Waals surface area (Å²) in [6.45, 7) is 2.41. The average molecular weight is 477 g/mol. The van der Waals surface area contributed by atoms with Gasteiger partial charge in [-0.25, -0.2) is 8.42 Å². The summed E-state index contributed by atoms with van der Waals surface area (Å²) >= 11 is 18.6. The Balaban J connectivity index is 1.96. The first kappa shape index (κ1) is 22.2. The molecule has 5 nitrogen and oxygen atoms in total. The summed E-state index contributed by atoms with van der Waals surface area (Å²) < 4.78 is 29.5. The number of halogens is 3. The van der Waals surface area contributed by atoms with Crippen LogP contribution in [0.3, 0.4) is 0 Å².